The van der Waals surface area contributed by atoms with Crippen molar-refractivity contribution in [1.29, 1.82) is 0 Å². The van der Waals surface area contributed by atoms with Crippen molar-refractivity contribution in [2.24, 2.45) is 0 Å². The molecule has 0 radical (unpaired) electrons. The Morgan fingerprint density at radius 3 is 2.68 bits per heavy atom. The second-order valence-electron chi connectivity index (χ2n) is 6.36. The quantitative estimate of drug-likeness (QED) is 0.713. The summed E-state index contributed by atoms with van der Waals surface area (Å²) in [5.74, 6) is 0.0137. The van der Waals surface area contributed by atoms with Crippen LogP contribution in [0.25, 0.3) is 5.69 Å². The number of methoxy groups -OCH3 is 1. The standard InChI is InChI=1S/C20H17F2N3O2S/c1-11-18-19(15-9-12(21)3-8-16(15)22)28-10-17(26)23-20(18)25(24-11)13-4-6-14(27-2)7-5-13/h3-9,19H,10H2,1-2H3,(H,23,26)/t19-/m1/s1. The van der Waals surface area contributed by atoms with Crippen molar-refractivity contribution >= 4 is 23.5 Å². The van der Waals surface area contributed by atoms with Crippen LogP contribution in [0.2, 0.25) is 0 Å². The summed E-state index contributed by atoms with van der Waals surface area (Å²) in [5, 5.41) is 6.86. The highest BCUT2D eigenvalue weighted by molar-refractivity contribution is 8.00. The number of hydrogen-bond acceptors (Lipinski definition) is 4. The van der Waals surface area contributed by atoms with E-state index in [9.17, 15) is 13.6 Å². The molecule has 3 aromatic rings. The van der Waals surface area contributed by atoms with Gasteiger partial charge in [0.2, 0.25) is 5.91 Å². The van der Waals surface area contributed by atoms with Crippen LogP contribution in [-0.2, 0) is 4.79 Å². The van der Waals surface area contributed by atoms with Gasteiger partial charge in [0.25, 0.3) is 0 Å². The number of thioether (sulfide) groups is 1. The zero-order valence-electron chi connectivity index (χ0n) is 15.2. The molecule has 0 saturated carbocycles. The van der Waals surface area contributed by atoms with Gasteiger partial charge in [0.05, 0.1) is 29.5 Å². The number of ether oxygens (including phenoxy) is 1. The van der Waals surface area contributed by atoms with E-state index in [0.717, 1.165) is 17.8 Å². The van der Waals surface area contributed by atoms with Crippen molar-refractivity contribution in [3.05, 3.63) is 70.9 Å². The van der Waals surface area contributed by atoms with Crippen molar-refractivity contribution in [3.63, 3.8) is 0 Å². The molecule has 144 valence electrons. The van der Waals surface area contributed by atoms with Crippen molar-refractivity contribution < 1.29 is 18.3 Å². The van der Waals surface area contributed by atoms with E-state index in [1.807, 2.05) is 12.1 Å². The summed E-state index contributed by atoms with van der Waals surface area (Å²) in [6.45, 7) is 1.79. The Kier molecular flexibility index (Phi) is 4.80. The zero-order valence-corrected chi connectivity index (χ0v) is 16.0. The lowest BCUT2D eigenvalue weighted by molar-refractivity contribution is -0.113. The smallest absolute Gasteiger partial charge is 0.235 e. The average molecular weight is 401 g/mol. The first kappa shape index (κ1) is 18.5. The second kappa shape index (κ2) is 7.27. The summed E-state index contributed by atoms with van der Waals surface area (Å²) in [6, 6.07) is 10.6. The molecule has 5 nitrogen and oxygen atoms in total. The minimum absolute atomic E-state index is 0.122. The Morgan fingerprint density at radius 1 is 1.21 bits per heavy atom. The second-order valence-corrected chi connectivity index (χ2v) is 7.46. The van der Waals surface area contributed by atoms with Crippen LogP contribution in [-0.4, -0.2) is 28.6 Å². The van der Waals surface area contributed by atoms with Crippen LogP contribution in [0.1, 0.15) is 22.1 Å². The van der Waals surface area contributed by atoms with E-state index in [1.54, 1.807) is 30.8 Å². The number of carbonyl (C=O) groups is 1. The monoisotopic (exact) mass is 401 g/mol. The molecule has 1 N–H and O–H groups in total. The average Bonchev–Trinajstić information content (AvgIpc) is 2.90. The Morgan fingerprint density at radius 2 is 1.96 bits per heavy atom. The van der Waals surface area contributed by atoms with Crippen LogP contribution in [0.5, 0.6) is 5.75 Å². The van der Waals surface area contributed by atoms with Gasteiger partial charge in [-0.2, -0.15) is 5.10 Å². The topological polar surface area (TPSA) is 56.1 Å². The van der Waals surface area contributed by atoms with Crippen LogP contribution in [0.15, 0.2) is 42.5 Å². The minimum atomic E-state index is -0.559. The molecule has 0 unspecified atom stereocenters. The van der Waals surface area contributed by atoms with E-state index in [2.05, 4.69) is 10.4 Å². The summed E-state index contributed by atoms with van der Waals surface area (Å²) in [7, 11) is 1.58. The van der Waals surface area contributed by atoms with Gasteiger partial charge in [0.1, 0.15) is 23.2 Å². The van der Waals surface area contributed by atoms with Crippen LogP contribution in [0.4, 0.5) is 14.6 Å². The highest BCUT2D eigenvalue weighted by Gasteiger charge is 2.32. The van der Waals surface area contributed by atoms with Crippen molar-refractivity contribution in [1.82, 2.24) is 9.78 Å². The molecule has 0 spiro atoms. The van der Waals surface area contributed by atoms with Gasteiger partial charge in [0.15, 0.2) is 0 Å². The van der Waals surface area contributed by atoms with Gasteiger partial charge in [-0.15, -0.1) is 11.8 Å². The molecule has 4 rings (SSSR count). The maximum Gasteiger partial charge on any atom is 0.235 e. The number of hydrogen-bond donors (Lipinski definition) is 1. The van der Waals surface area contributed by atoms with Crippen molar-refractivity contribution in [3.8, 4) is 11.4 Å². The lowest BCUT2D eigenvalue weighted by Gasteiger charge is -2.16. The normalized spacial score (nSPS) is 16.3. The molecule has 1 amide bonds. The SMILES string of the molecule is COc1ccc(-n2nc(C)c3c2NC(=O)CS[C@@H]3c2cc(F)ccc2F)cc1. The lowest BCUT2D eigenvalue weighted by atomic mass is 10.0. The molecule has 2 heterocycles. The molecule has 28 heavy (non-hydrogen) atoms. The number of fused-ring (bicyclic) bond motifs is 1. The van der Waals surface area contributed by atoms with E-state index in [4.69, 9.17) is 4.74 Å². The molecule has 1 aliphatic rings. The number of amides is 1. The fraction of sp³-hybridized carbons (Fsp3) is 0.200. The van der Waals surface area contributed by atoms with Gasteiger partial charge in [0, 0.05) is 11.1 Å². The molecule has 1 aromatic heterocycles. The number of benzene rings is 2. The fourth-order valence-corrected chi connectivity index (χ4v) is 4.45. The van der Waals surface area contributed by atoms with E-state index in [-0.39, 0.29) is 17.2 Å². The predicted octanol–water partition coefficient (Wildman–Crippen LogP) is 4.24. The number of rotatable bonds is 3. The summed E-state index contributed by atoms with van der Waals surface area (Å²) in [5.41, 5.74) is 2.21. The lowest BCUT2D eigenvalue weighted by Crippen LogP contribution is -2.15. The third-order valence-corrected chi connectivity index (χ3v) is 5.82. The van der Waals surface area contributed by atoms with Gasteiger partial charge < -0.3 is 10.1 Å². The van der Waals surface area contributed by atoms with Crippen molar-refractivity contribution in [2.75, 3.05) is 18.2 Å². The summed E-state index contributed by atoms with van der Waals surface area (Å²) in [4.78, 5) is 12.3. The summed E-state index contributed by atoms with van der Waals surface area (Å²) < 4.78 is 35.1. The highest BCUT2D eigenvalue weighted by atomic mass is 32.2. The van der Waals surface area contributed by atoms with Gasteiger partial charge in [-0.25, -0.2) is 13.5 Å². The molecular weight excluding hydrogens is 384 g/mol. The Balaban J connectivity index is 1.88. The zero-order chi connectivity index (χ0) is 19.8. The molecule has 0 bridgehead atoms. The first-order valence-electron chi connectivity index (χ1n) is 8.58. The minimum Gasteiger partial charge on any atom is -0.497 e. The van der Waals surface area contributed by atoms with E-state index in [1.165, 1.54) is 17.8 Å². The number of aromatic nitrogens is 2. The third kappa shape index (κ3) is 3.24. The third-order valence-electron chi connectivity index (χ3n) is 4.57. The van der Waals surface area contributed by atoms with E-state index < -0.39 is 16.9 Å². The Hall–Kier alpha value is -2.87. The van der Waals surface area contributed by atoms with Gasteiger partial charge in [-0.05, 0) is 49.4 Å². The first-order valence-corrected chi connectivity index (χ1v) is 9.63. The Labute approximate surface area is 164 Å². The molecule has 0 saturated heterocycles. The molecule has 0 fully saturated rings. The molecule has 1 atom stereocenters. The molecule has 2 aromatic carbocycles. The summed E-state index contributed by atoms with van der Waals surface area (Å²) in [6.07, 6.45) is 0. The molecule has 1 aliphatic heterocycles. The molecule has 8 heteroatoms. The van der Waals surface area contributed by atoms with Gasteiger partial charge >= 0.3 is 0 Å². The van der Waals surface area contributed by atoms with Crippen molar-refractivity contribution in [2.45, 2.75) is 12.2 Å². The maximum atomic E-state index is 14.5. The number of nitrogens with one attached hydrogen (secondary N) is 1. The first-order chi connectivity index (χ1) is 13.5. The maximum absolute atomic E-state index is 14.5. The number of aryl methyl sites for hydroxylation is 1. The number of nitrogens with zero attached hydrogens (tertiary/aromatic N) is 2. The highest BCUT2D eigenvalue weighted by Crippen LogP contribution is 2.44. The predicted molar refractivity (Wildman–Crippen MR) is 104 cm³/mol. The number of halogens is 2. The van der Waals surface area contributed by atoms with Crippen LogP contribution in [0.3, 0.4) is 0 Å². The largest absolute Gasteiger partial charge is 0.497 e. The van der Waals surface area contributed by atoms with Crippen LogP contribution < -0.4 is 10.1 Å². The van der Waals surface area contributed by atoms with Gasteiger partial charge in [-0.1, -0.05) is 0 Å². The van der Waals surface area contributed by atoms with Crippen LogP contribution >= 0.6 is 11.8 Å². The Bertz CT molecular complexity index is 1050. The van der Waals surface area contributed by atoms with Crippen LogP contribution in [0, 0.1) is 18.6 Å². The molecular formula is C20H17F2N3O2S. The van der Waals surface area contributed by atoms with E-state index in [0.29, 0.717) is 22.8 Å². The number of carbonyl (C=O) groups excluding carboxylic acids is 1. The fourth-order valence-electron chi connectivity index (χ4n) is 3.26. The van der Waals surface area contributed by atoms with E-state index >= 15 is 0 Å². The molecule has 0 aliphatic carbocycles. The summed E-state index contributed by atoms with van der Waals surface area (Å²) >= 11 is 1.25. The van der Waals surface area contributed by atoms with Gasteiger partial charge in [-0.3, -0.25) is 4.79 Å². The number of anilines is 1.